The normalized spacial score (nSPS) is 11.9. The van der Waals surface area contributed by atoms with Crippen LogP contribution in [-0.4, -0.2) is 24.2 Å². The number of benzene rings is 1. The maximum absolute atomic E-state index is 10.3. The van der Waals surface area contributed by atoms with Gasteiger partial charge < -0.3 is 14.6 Å². The number of rotatable bonds is 4. The second-order valence-corrected chi connectivity index (χ2v) is 2.77. The van der Waals surface area contributed by atoms with Gasteiger partial charge in [-0.25, -0.2) is 0 Å². The van der Waals surface area contributed by atoms with Crippen LogP contribution in [0.2, 0.25) is 0 Å². The third-order valence-corrected chi connectivity index (χ3v) is 1.91. The summed E-state index contributed by atoms with van der Waals surface area (Å²) >= 11 is 0. The Hall–Kier alpha value is -1.82. The molecule has 6 nitrogen and oxygen atoms in total. The van der Waals surface area contributed by atoms with Gasteiger partial charge in [-0.05, 0) is 18.2 Å². The smallest absolute Gasteiger partial charge is 0.339 e. The lowest BCUT2D eigenvalue weighted by Gasteiger charge is -2.09. The van der Waals surface area contributed by atoms with Crippen LogP contribution < -0.4 is 9.47 Å². The lowest BCUT2D eigenvalue weighted by molar-refractivity contribution is -0.578. The van der Waals surface area contributed by atoms with Crippen molar-refractivity contribution in [3.63, 3.8) is 0 Å². The zero-order valence-corrected chi connectivity index (χ0v) is 8.34. The summed E-state index contributed by atoms with van der Waals surface area (Å²) < 4.78 is 9.90. The van der Waals surface area contributed by atoms with Gasteiger partial charge in [0.2, 0.25) is 0 Å². The largest absolute Gasteiger partial charge is 0.493 e. The maximum Gasteiger partial charge on any atom is 0.339 e. The van der Waals surface area contributed by atoms with E-state index in [9.17, 15) is 15.2 Å². The molecule has 0 aliphatic rings. The molecule has 0 saturated carbocycles. The predicted octanol–water partition coefficient (Wildman–Crippen LogP) is 0.971. The number of hydrogen-bond donors (Lipinski definition) is 1. The van der Waals surface area contributed by atoms with Crippen molar-refractivity contribution in [2.24, 2.45) is 0 Å². The predicted molar refractivity (Wildman–Crippen MR) is 51.5 cm³/mol. The minimum atomic E-state index is -1.75. The highest BCUT2D eigenvalue weighted by atomic mass is 16.7. The number of ether oxygens (including phenoxy) is 2. The Morgan fingerprint density at radius 1 is 1.33 bits per heavy atom. The van der Waals surface area contributed by atoms with E-state index in [2.05, 4.69) is 0 Å². The number of nitro groups is 1. The number of hydrogen-bond acceptors (Lipinski definition) is 5. The van der Waals surface area contributed by atoms with Crippen LogP contribution >= 0.6 is 0 Å². The maximum atomic E-state index is 10.3. The standard InChI is InChI=1S/C9H11NO5/c1-14-7-4-3-6(5-8(7)15-2)9(11)10(12)13/h3-5,9,11H,1-2H3. The Morgan fingerprint density at radius 2 is 1.93 bits per heavy atom. The van der Waals surface area contributed by atoms with Gasteiger partial charge in [0.15, 0.2) is 11.5 Å². The zero-order chi connectivity index (χ0) is 11.4. The summed E-state index contributed by atoms with van der Waals surface area (Å²) in [5.74, 6) is 0.799. The number of nitrogens with zero attached hydrogens (tertiary/aromatic N) is 1. The molecule has 1 aromatic carbocycles. The summed E-state index contributed by atoms with van der Waals surface area (Å²) in [4.78, 5) is 9.55. The first-order valence-corrected chi connectivity index (χ1v) is 4.13. The van der Waals surface area contributed by atoms with E-state index < -0.39 is 11.2 Å². The van der Waals surface area contributed by atoms with Gasteiger partial charge in [0.1, 0.15) is 0 Å². The zero-order valence-electron chi connectivity index (χ0n) is 8.34. The molecule has 1 aromatic rings. The van der Waals surface area contributed by atoms with Crippen LogP contribution in [0.25, 0.3) is 0 Å². The molecule has 0 spiro atoms. The molecular weight excluding hydrogens is 202 g/mol. The van der Waals surface area contributed by atoms with Crippen molar-refractivity contribution in [2.75, 3.05) is 14.2 Å². The molecule has 0 saturated heterocycles. The molecule has 1 atom stereocenters. The number of aliphatic hydroxyl groups is 1. The van der Waals surface area contributed by atoms with Crippen LogP contribution in [0.15, 0.2) is 18.2 Å². The van der Waals surface area contributed by atoms with Gasteiger partial charge in [0.25, 0.3) is 0 Å². The van der Waals surface area contributed by atoms with Gasteiger partial charge in [-0.15, -0.1) is 0 Å². The number of aliphatic hydroxyl groups excluding tert-OH is 1. The Bertz CT molecular complexity index is 366. The van der Waals surface area contributed by atoms with Gasteiger partial charge in [0, 0.05) is 0 Å². The highest BCUT2D eigenvalue weighted by molar-refractivity contribution is 5.43. The van der Waals surface area contributed by atoms with Crippen LogP contribution in [-0.2, 0) is 0 Å². The van der Waals surface area contributed by atoms with Gasteiger partial charge in [-0.1, -0.05) is 0 Å². The van der Waals surface area contributed by atoms with Crippen LogP contribution in [0.4, 0.5) is 0 Å². The van der Waals surface area contributed by atoms with Crippen molar-refractivity contribution < 1.29 is 19.5 Å². The van der Waals surface area contributed by atoms with E-state index >= 15 is 0 Å². The molecule has 1 N–H and O–H groups in total. The quantitative estimate of drug-likeness (QED) is 0.458. The van der Waals surface area contributed by atoms with E-state index in [0.717, 1.165) is 0 Å². The van der Waals surface area contributed by atoms with Gasteiger partial charge in [0.05, 0.1) is 24.7 Å². The average molecular weight is 213 g/mol. The van der Waals surface area contributed by atoms with Crippen LogP contribution in [0.5, 0.6) is 11.5 Å². The fourth-order valence-electron chi connectivity index (χ4n) is 1.14. The molecule has 0 radical (unpaired) electrons. The highest BCUT2D eigenvalue weighted by Gasteiger charge is 2.20. The Labute approximate surface area is 86.2 Å². The minimum Gasteiger partial charge on any atom is -0.493 e. The molecule has 0 amide bonds. The first kappa shape index (κ1) is 11.3. The Balaban J connectivity index is 3.07. The van der Waals surface area contributed by atoms with E-state index in [1.165, 1.54) is 32.4 Å². The second kappa shape index (κ2) is 4.61. The number of methoxy groups -OCH3 is 2. The van der Waals surface area contributed by atoms with Gasteiger partial charge in [-0.2, -0.15) is 0 Å². The molecule has 0 aliphatic carbocycles. The Morgan fingerprint density at radius 3 is 2.40 bits per heavy atom. The molecule has 6 heteroatoms. The highest BCUT2D eigenvalue weighted by Crippen LogP contribution is 2.29. The Kier molecular flexibility index (Phi) is 3.46. The first-order chi connectivity index (χ1) is 7.10. The second-order valence-electron chi connectivity index (χ2n) is 2.77. The van der Waals surface area contributed by atoms with E-state index in [1.807, 2.05) is 0 Å². The van der Waals surface area contributed by atoms with E-state index in [0.29, 0.717) is 11.5 Å². The summed E-state index contributed by atoms with van der Waals surface area (Å²) in [7, 11) is 2.88. The molecule has 1 unspecified atom stereocenters. The molecule has 0 bridgehead atoms. The van der Waals surface area contributed by atoms with Gasteiger partial charge >= 0.3 is 6.23 Å². The fourth-order valence-corrected chi connectivity index (χ4v) is 1.14. The van der Waals surface area contributed by atoms with Crippen molar-refractivity contribution in [3.8, 4) is 11.5 Å². The molecule has 0 aliphatic heterocycles. The molecule has 0 heterocycles. The van der Waals surface area contributed by atoms with Gasteiger partial charge in [-0.3, -0.25) is 10.1 Å². The average Bonchev–Trinajstić information content (AvgIpc) is 2.26. The molecule has 0 fully saturated rings. The third-order valence-electron chi connectivity index (χ3n) is 1.91. The van der Waals surface area contributed by atoms with Crippen molar-refractivity contribution in [2.45, 2.75) is 6.23 Å². The summed E-state index contributed by atoms with van der Waals surface area (Å²) in [6.07, 6.45) is -1.75. The summed E-state index contributed by atoms with van der Waals surface area (Å²) in [5, 5.41) is 19.5. The molecule has 0 aromatic heterocycles. The molecule has 1 rings (SSSR count). The van der Waals surface area contributed by atoms with Crippen molar-refractivity contribution >= 4 is 0 Å². The minimum absolute atomic E-state index is 0.151. The summed E-state index contributed by atoms with van der Waals surface area (Å²) in [6.45, 7) is 0. The molecular formula is C9H11NO5. The van der Waals surface area contributed by atoms with E-state index in [4.69, 9.17) is 9.47 Å². The third kappa shape index (κ3) is 2.35. The van der Waals surface area contributed by atoms with E-state index in [1.54, 1.807) is 0 Å². The first-order valence-electron chi connectivity index (χ1n) is 4.13. The van der Waals surface area contributed by atoms with E-state index in [-0.39, 0.29) is 5.56 Å². The van der Waals surface area contributed by atoms with Crippen LogP contribution in [0.3, 0.4) is 0 Å². The SMILES string of the molecule is COc1ccc(C(O)[N+](=O)[O-])cc1OC. The van der Waals surface area contributed by atoms with Crippen molar-refractivity contribution in [3.05, 3.63) is 33.9 Å². The molecule has 82 valence electrons. The van der Waals surface area contributed by atoms with Crippen molar-refractivity contribution in [1.29, 1.82) is 0 Å². The topological polar surface area (TPSA) is 81.8 Å². The molecule has 15 heavy (non-hydrogen) atoms. The lowest BCUT2D eigenvalue weighted by Crippen LogP contribution is -2.09. The fraction of sp³-hybridized carbons (Fsp3) is 0.333. The summed E-state index contributed by atoms with van der Waals surface area (Å²) in [5.41, 5.74) is 0.151. The van der Waals surface area contributed by atoms with Crippen LogP contribution in [0, 0.1) is 10.1 Å². The summed E-state index contributed by atoms with van der Waals surface area (Å²) in [6, 6.07) is 4.28. The monoisotopic (exact) mass is 213 g/mol. The van der Waals surface area contributed by atoms with Crippen LogP contribution in [0.1, 0.15) is 11.8 Å². The lowest BCUT2D eigenvalue weighted by atomic mass is 10.2. The van der Waals surface area contributed by atoms with Crippen molar-refractivity contribution in [1.82, 2.24) is 0 Å².